The molecule has 0 radical (unpaired) electrons. The number of nitrogens with zero attached hydrogens (tertiary/aromatic N) is 1. The summed E-state index contributed by atoms with van der Waals surface area (Å²) in [5.41, 5.74) is 1.20. The van der Waals surface area contributed by atoms with Gasteiger partial charge < -0.3 is 14.0 Å². The number of hydrogen-bond donors (Lipinski definition) is 0. The number of ether oxygens (including phenoxy) is 1. The van der Waals surface area contributed by atoms with E-state index in [2.05, 4.69) is 0 Å². The maximum atomic E-state index is 12.4. The number of benzene rings is 2. The van der Waals surface area contributed by atoms with Gasteiger partial charge in [0.25, 0.3) is 11.8 Å². The van der Waals surface area contributed by atoms with E-state index in [1.165, 1.54) is 4.90 Å². The van der Waals surface area contributed by atoms with Gasteiger partial charge in [0, 0.05) is 6.54 Å². The summed E-state index contributed by atoms with van der Waals surface area (Å²) in [6, 6.07) is 14.7. The molecule has 0 atom stereocenters. The van der Waals surface area contributed by atoms with Crippen molar-refractivity contribution in [3.05, 3.63) is 59.7 Å². The SMILES string of the molecule is CC1(C)OB(c2ccc(OCCCCN3C(=O)c4ccccc4C3=O)cc2)OC1(C)C. The molecule has 2 aromatic rings. The molecule has 1 fully saturated rings. The second-order valence-electron chi connectivity index (χ2n) is 9.02. The molecule has 162 valence electrons. The van der Waals surface area contributed by atoms with Crippen LogP contribution in [-0.4, -0.2) is 48.2 Å². The fraction of sp³-hybridized carbons (Fsp3) is 0.417. The zero-order chi connectivity index (χ0) is 22.2. The highest BCUT2D eigenvalue weighted by molar-refractivity contribution is 6.62. The van der Waals surface area contributed by atoms with Gasteiger partial charge in [0.2, 0.25) is 0 Å². The monoisotopic (exact) mass is 421 g/mol. The quantitative estimate of drug-likeness (QED) is 0.389. The molecule has 0 aliphatic carbocycles. The molecule has 2 heterocycles. The first-order valence-electron chi connectivity index (χ1n) is 10.7. The van der Waals surface area contributed by atoms with E-state index < -0.39 is 7.12 Å². The summed E-state index contributed by atoms with van der Waals surface area (Å²) >= 11 is 0. The van der Waals surface area contributed by atoms with Crippen LogP contribution in [0.5, 0.6) is 5.75 Å². The molecular formula is C24H28BNO5. The van der Waals surface area contributed by atoms with Gasteiger partial charge in [-0.1, -0.05) is 24.3 Å². The minimum Gasteiger partial charge on any atom is -0.494 e. The van der Waals surface area contributed by atoms with Crippen LogP contribution in [0.1, 0.15) is 61.3 Å². The lowest BCUT2D eigenvalue weighted by molar-refractivity contribution is 0.00578. The van der Waals surface area contributed by atoms with Crippen molar-refractivity contribution in [1.82, 2.24) is 4.90 Å². The predicted molar refractivity (Wildman–Crippen MR) is 119 cm³/mol. The lowest BCUT2D eigenvalue weighted by Gasteiger charge is -2.32. The first-order valence-corrected chi connectivity index (χ1v) is 10.7. The Morgan fingerprint density at radius 2 is 1.39 bits per heavy atom. The Kier molecular flexibility index (Phi) is 5.66. The van der Waals surface area contributed by atoms with E-state index >= 15 is 0 Å². The molecule has 0 spiro atoms. The van der Waals surface area contributed by atoms with E-state index in [-0.39, 0.29) is 23.0 Å². The summed E-state index contributed by atoms with van der Waals surface area (Å²) in [5, 5.41) is 0. The summed E-state index contributed by atoms with van der Waals surface area (Å²) in [6.07, 6.45) is 1.43. The van der Waals surface area contributed by atoms with Crippen LogP contribution in [0.25, 0.3) is 0 Å². The Balaban J connectivity index is 1.23. The largest absolute Gasteiger partial charge is 0.494 e. The van der Waals surface area contributed by atoms with E-state index in [0.717, 1.165) is 17.6 Å². The molecule has 2 aliphatic heterocycles. The Morgan fingerprint density at radius 1 is 0.839 bits per heavy atom. The van der Waals surface area contributed by atoms with Crippen LogP contribution in [0.4, 0.5) is 0 Å². The van der Waals surface area contributed by atoms with Crippen molar-refractivity contribution in [3.8, 4) is 5.75 Å². The Morgan fingerprint density at radius 3 is 1.94 bits per heavy atom. The highest BCUT2D eigenvalue weighted by Gasteiger charge is 2.51. The number of carbonyl (C=O) groups excluding carboxylic acids is 2. The number of unbranched alkanes of at least 4 members (excludes halogenated alkanes) is 1. The molecule has 31 heavy (non-hydrogen) atoms. The summed E-state index contributed by atoms with van der Waals surface area (Å²) in [5.74, 6) is 0.348. The molecule has 2 aromatic carbocycles. The maximum absolute atomic E-state index is 12.4. The van der Waals surface area contributed by atoms with Crippen molar-refractivity contribution in [2.45, 2.75) is 51.7 Å². The smallest absolute Gasteiger partial charge is 0.494 e. The van der Waals surface area contributed by atoms with Crippen molar-refractivity contribution in [2.24, 2.45) is 0 Å². The molecule has 0 bridgehead atoms. The molecule has 2 aliphatic rings. The van der Waals surface area contributed by atoms with Gasteiger partial charge in [0.1, 0.15) is 5.75 Å². The van der Waals surface area contributed by atoms with Crippen molar-refractivity contribution in [1.29, 1.82) is 0 Å². The Hall–Kier alpha value is -2.64. The van der Waals surface area contributed by atoms with Crippen LogP contribution in [-0.2, 0) is 9.31 Å². The fourth-order valence-corrected chi connectivity index (χ4v) is 3.70. The van der Waals surface area contributed by atoms with Crippen molar-refractivity contribution >= 4 is 24.4 Å². The molecular weight excluding hydrogens is 393 g/mol. The third-order valence-electron chi connectivity index (χ3n) is 6.33. The van der Waals surface area contributed by atoms with Crippen molar-refractivity contribution < 1.29 is 23.6 Å². The van der Waals surface area contributed by atoms with Gasteiger partial charge in [-0.3, -0.25) is 14.5 Å². The zero-order valence-corrected chi connectivity index (χ0v) is 18.5. The summed E-state index contributed by atoms with van der Waals surface area (Å²) in [4.78, 5) is 26.1. The van der Waals surface area contributed by atoms with Gasteiger partial charge in [-0.05, 0) is 70.3 Å². The van der Waals surface area contributed by atoms with Gasteiger partial charge in [-0.2, -0.15) is 0 Å². The lowest BCUT2D eigenvalue weighted by atomic mass is 9.79. The third kappa shape index (κ3) is 4.12. The van der Waals surface area contributed by atoms with E-state index in [0.29, 0.717) is 30.7 Å². The van der Waals surface area contributed by atoms with Gasteiger partial charge in [0.05, 0.1) is 28.9 Å². The van der Waals surface area contributed by atoms with Gasteiger partial charge in [-0.25, -0.2) is 0 Å². The summed E-state index contributed by atoms with van der Waals surface area (Å²) in [6.45, 7) is 9.05. The van der Waals surface area contributed by atoms with Gasteiger partial charge >= 0.3 is 7.12 Å². The fourth-order valence-electron chi connectivity index (χ4n) is 3.70. The molecule has 0 unspecified atom stereocenters. The minimum absolute atomic E-state index is 0.209. The summed E-state index contributed by atoms with van der Waals surface area (Å²) < 4.78 is 18.0. The van der Waals surface area contributed by atoms with Gasteiger partial charge in [-0.15, -0.1) is 0 Å². The van der Waals surface area contributed by atoms with Crippen LogP contribution in [0, 0.1) is 0 Å². The predicted octanol–water partition coefficient (Wildman–Crippen LogP) is 3.44. The topological polar surface area (TPSA) is 65.1 Å². The number of rotatable bonds is 7. The number of imide groups is 1. The molecule has 0 N–H and O–H groups in total. The normalized spacial score (nSPS) is 19.1. The number of carbonyl (C=O) groups is 2. The molecule has 4 rings (SSSR count). The van der Waals surface area contributed by atoms with E-state index in [9.17, 15) is 9.59 Å². The first kappa shape index (κ1) is 21.6. The van der Waals surface area contributed by atoms with E-state index in [1.807, 2.05) is 52.0 Å². The highest BCUT2D eigenvalue weighted by atomic mass is 16.7. The van der Waals surface area contributed by atoms with Crippen molar-refractivity contribution in [3.63, 3.8) is 0 Å². The second-order valence-corrected chi connectivity index (χ2v) is 9.02. The maximum Gasteiger partial charge on any atom is 0.494 e. The second kappa shape index (κ2) is 8.13. The van der Waals surface area contributed by atoms with Gasteiger partial charge in [0.15, 0.2) is 0 Å². The average Bonchev–Trinajstić information content (AvgIpc) is 3.11. The van der Waals surface area contributed by atoms with Crippen LogP contribution in [0.3, 0.4) is 0 Å². The highest BCUT2D eigenvalue weighted by Crippen LogP contribution is 2.36. The Labute approximate surface area is 183 Å². The van der Waals surface area contributed by atoms with Crippen LogP contribution >= 0.6 is 0 Å². The van der Waals surface area contributed by atoms with Crippen molar-refractivity contribution in [2.75, 3.05) is 13.2 Å². The minimum atomic E-state index is -0.390. The number of amides is 2. The van der Waals surface area contributed by atoms with Crippen LogP contribution in [0.2, 0.25) is 0 Å². The standard InChI is InChI=1S/C24H28BNO5/c1-23(2)24(3,4)31-25(30-23)17-11-13-18(14-12-17)29-16-8-7-15-26-21(27)19-9-5-6-10-20(19)22(26)28/h5-6,9-14H,7-8,15-16H2,1-4H3. The van der Waals surface area contributed by atoms with E-state index in [4.69, 9.17) is 14.0 Å². The Bertz CT molecular complexity index is 935. The number of fused-ring (bicyclic) bond motifs is 1. The molecule has 7 heteroatoms. The zero-order valence-electron chi connectivity index (χ0n) is 18.5. The molecule has 6 nitrogen and oxygen atoms in total. The summed E-state index contributed by atoms with van der Waals surface area (Å²) in [7, 11) is -0.390. The molecule has 2 amide bonds. The first-order chi connectivity index (χ1) is 14.7. The van der Waals surface area contributed by atoms with Crippen LogP contribution < -0.4 is 10.2 Å². The molecule has 1 saturated heterocycles. The van der Waals surface area contributed by atoms with Crippen LogP contribution in [0.15, 0.2) is 48.5 Å². The lowest BCUT2D eigenvalue weighted by Crippen LogP contribution is -2.41. The number of hydrogen-bond acceptors (Lipinski definition) is 5. The van der Waals surface area contributed by atoms with E-state index in [1.54, 1.807) is 24.3 Å². The average molecular weight is 421 g/mol. The molecule has 0 saturated carbocycles. The molecule has 0 aromatic heterocycles. The third-order valence-corrected chi connectivity index (χ3v) is 6.33.